The molecule has 2 N–H and O–H groups in total. The lowest BCUT2D eigenvalue weighted by Gasteiger charge is -2.12. The fourth-order valence-corrected chi connectivity index (χ4v) is 2.55. The Kier molecular flexibility index (Phi) is 6.62. The number of carbonyl (C=O) groups is 1. The van der Waals surface area contributed by atoms with Gasteiger partial charge in [0, 0.05) is 23.1 Å². The van der Waals surface area contributed by atoms with Crippen LogP contribution < -0.4 is 10.1 Å². The maximum atomic E-state index is 10.8. The average Bonchev–Trinajstić information content (AvgIpc) is 2.54. The first-order valence-electron chi connectivity index (χ1n) is 7.54. The van der Waals surface area contributed by atoms with Crippen LogP contribution in [0.15, 0.2) is 46.9 Å². The molecule has 0 bridgehead atoms. The molecular weight excluding hydrogens is 358 g/mol. The van der Waals surface area contributed by atoms with Crippen molar-refractivity contribution in [3.63, 3.8) is 0 Å². The van der Waals surface area contributed by atoms with E-state index in [2.05, 4.69) is 28.2 Å². The number of ether oxygens (including phenoxy) is 1. The molecule has 2 rings (SSSR count). The molecule has 0 saturated carbocycles. The average molecular weight is 378 g/mol. The molecule has 0 saturated heterocycles. The first kappa shape index (κ1) is 17.5. The topological polar surface area (TPSA) is 58.6 Å². The molecule has 0 radical (unpaired) electrons. The molecule has 0 fully saturated rings. The molecule has 2 aromatic carbocycles. The van der Waals surface area contributed by atoms with Gasteiger partial charge in [-0.1, -0.05) is 35.0 Å². The lowest BCUT2D eigenvalue weighted by molar-refractivity contribution is 0.0697. The van der Waals surface area contributed by atoms with Crippen LogP contribution in [0.5, 0.6) is 5.75 Å². The molecule has 0 aliphatic heterocycles. The summed E-state index contributed by atoms with van der Waals surface area (Å²) in [5.41, 5.74) is 2.44. The quantitative estimate of drug-likeness (QED) is 0.722. The van der Waals surface area contributed by atoms with Crippen LogP contribution in [-0.2, 0) is 13.1 Å². The lowest BCUT2D eigenvalue weighted by Crippen LogP contribution is -2.14. The number of benzene rings is 2. The van der Waals surface area contributed by atoms with Gasteiger partial charge in [0.15, 0.2) is 0 Å². The number of hydrogen-bond donors (Lipinski definition) is 2. The van der Waals surface area contributed by atoms with Gasteiger partial charge >= 0.3 is 5.97 Å². The molecule has 0 aliphatic rings. The summed E-state index contributed by atoms with van der Waals surface area (Å²) in [5.74, 6) is -0.0138. The minimum Gasteiger partial charge on any atom is -0.493 e. The zero-order chi connectivity index (χ0) is 16.7. The van der Waals surface area contributed by atoms with Gasteiger partial charge in [0.25, 0.3) is 0 Å². The maximum absolute atomic E-state index is 10.8. The van der Waals surface area contributed by atoms with Crippen LogP contribution in [0.4, 0.5) is 0 Å². The van der Waals surface area contributed by atoms with E-state index >= 15 is 0 Å². The van der Waals surface area contributed by atoms with Gasteiger partial charge in [-0.3, -0.25) is 0 Å². The molecule has 122 valence electrons. The minimum absolute atomic E-state index is 0.302. The highest BCUT2D eigenvalue weighted by atomic mass is 79.9. The van der Waals surface area contributed by atoms with E-state index in [4.69, 9.17) is 9.84 Å². The van der Waals surface area contributed by atoms with Crippen molar-refractivity contribution in [1.82, 2.24) is 5.32 Å². The minimum atomic E-state index is -0.906. The SMILES string of the molecule is CCCOc1ccc(Br)cc1CNCc1ccc(C(=O)O)cc1. The molecule has 0 aliphatic carbocycles. The van der Waals surface area contributed by atoms with Crippen LogP contribution in [-0.4, -0.2) is 17.7 Å². The summed E-state index contributed by atoms with van der Waals surface area (Å²) in [6.45, 7) is 4.13. The van der Waals surface area contributed by atoms with Crippen molar-refractivity contribution < 1.29 is 14.6 Å². The van der Waals surface area contributed by atoms with Crippen molar-refractivity contribution in [1.29, 1.82) is 0 Å². The van der Waals surface area contributed by atoms with E-state index in [1.165, 1.54) is 0 Å². The number of rotatable bonds is 8. The molecule has 0 atom stereocenters. The number of aromatic carboxylic acids is 1. The van der Waals surface area contributed by atoms with Crippen LogP contribution in [0.1, 0.15) is 34.8 Å². The number of nitrogens with one attached hydrogen (secondary N) is 1. The number of hydrogen-bond acceptors (Lipinski definition) is 3. The third kappa shape index (κ3) is 5.37. The zero-order valence-corrected chi connectivity index (χ0v) is 14.6. The summed E-state index contributed by atoms with van der Waals surface area (Å²) in [7, 11) is 0. The van der Waals surface area contributed by atoms with Gasteiger partial charge in [0.05, 0.1) is 12.2 Å². The second-order valence-corrected chi connectivity index (χ2v) is 6.12. The standard InChI is InChI=1S/C18H20BrNO3/c1-2-9-23-17-8-7-16(19)10-15(17)12-20-11-13-3-5-14(6-4-13)18(21)22/h3-8,10,20H,2,9,11-12H2,1H3,(H,21,22). The summed E-state index contributed by atoms with van der Waals surface area (Å²) in [6.07, 6.45) is 0.971. The Bertz CT molecular complexity index is 656. The molecule has 4 nitrogen and oxygen atoms in total. The normalized spacial score (nSPS) is 10.5. The fraction of sp³-hybridized carbons (Fsp3) is 0.278. The molecule has 5 heteroatoms. The van der Waals surface area contributed by atoms with E-state index in [9.17, 15) is 4.79 Å². The zero-order valence-electron chi connectivity index (χ0n) is 13.0. The Labute approximate surface area is 144 Å². The number of halogens is 1. The summed E-state index contributed by atoms with van der Waals surface area (Å²) in [4.78, 5) is 10.8. The maximum Gasteiger partial charge on any atom is 0.335 e. The van der Waals surface area contributed by atoms with Crippen molar-refractivity contribution in [3.05, 3.63) is 63.6 Å². The van der Waals surface area contributed by atoms with E-state index in [-0.39, 0.29) is 0 Å². The highest BCUT2D eigenvalue weighted by molar-refractivity contribution is 9.10. The monoisotopic (exact) mass is 377 g/mol. The van der Waals surface area contributed by atoms with Gasteiger partial charge in [0.1, 0.15) is 5.75 Å². The molecule has 0 unspecified atom stereocenters. The fourth-order valence-electron chi connectivity index (χ4n) is 2.15. The molecule has 0 heterocycles. The van der Waals surface area contributed by atoms with E-state index in [0.717, 1.165) is 27.8 Å². The lowest BCUT2D eigenvalue weighted by atomic mass is 10.1. The Hall–Kier alpha value is -1.85. The van der Waals surface area contributed by atoms with Crippen LogP contribution >= 0.6 is 15.9 Å². The summed E-state index contributed by atoms with van der Waals surface area (Å²) in [5, 5.41) is 12.3. The van der Waals surface area contributed by atoms with Crippen LogP contribution in [0, 0.1) is 0 Å². The van der Waals surface area contributed by atoms with Crippen molar-refractivity contribution in [3.8, 4) is 5.75 Å². The van der Waals surface area contributed by atoms with Crippen molar-refractivity contribution in [2.24, 2.45) is 0 Å². The third-order valence-electron chi connectivity index (χ3n) is 3.33. The predicted octanol–water partition coefficient (Wildman–Crippen LogP) is 4.23. The molecule has 0 spiro atoms. The molecular formula is C18H20BrNO3. The first-order chi connectivity index (χ1) is 11.1. The number of carboxylic acids is 1. The van der Waals surface area contributed by atoms with Crippen molar-refractivity contribution in [2.75, 3.05) is 6.61 Å². The van der Waals surface area contributed by atoms with E-state index in [0.29, 0.717) is 25.3 Å². The van der Waals surface area contributed by atoms with Gasteiger partial charge in [-0.2, -0.15) is 0 Å². The molecule has 0 amide bonds. The molecule has 23 heavy (non-hydrogen) atoms. The highest BCUT2D eigenvalue weighted by Crippen LogP contribution is 2.23. The Morgan fingerprint density at radius 1 is 1.17 bits per heavy atom. The van der Waals surface area contributed by atoms with Crippen molar-refractivity contribution >= 4 is 21.9 Å². The smallest absolute Gasteiger partial charge is 0.335 e. The molecule has 2 aromatic rings. The van der Waals surface area contributed by atoms with Gasteiger partial charge in [-0.05, 0) is 42.3 Å². The Balaban J connectivity index is 1.95. The first-order valence-corrected chi connectivity index (χ1v) is 8.33. The van der Waals surface area contributed by atoms with Crippen LogP contribution in [0.3, 0.4) is 0 Å². The Morgan fingerprint density at radius 3 is 2.57 bits per heavy atom. The van der Waals surface area contributed by atoms with E-state index in [1.54, 1.807) is 12.1 Å². The second kappa shape index (κ2) is 8.70. The largest absolute Gasteiger partial charge is 0.493 e. The summed E-state index contributed by atoms with van der Waals surface area (Å²) >= 11 is 3.48. The van der Waals surface area contributed by atoms with E-state index < -0.39 is 5.97 Å². The van der Waals surface area contributed by atoms with Gasteiger partial charge in [-0.15, -0.1) is 0 Å². The van der Waals surface area contributed by atoms with Gasteiger partial charge in [0.2, 0.25) is 0 Å². The van der Waals surface area contributed by atoms with E-state index in [1.807, 2.05) is 30.3 Å². The van der Waals surface area contributed by atoms with Gasteiger partial charge in [-0.25, -0.2) is 4.79 Å². The van der Waals surface area contributed by atoms with Crippen LogP contribution in [0.2, 0.25) is 0 Å². The van der Waals surface area contributed by atoms with Gasteiger partial charge < -0.3 is 15.2 Å². The van der Waals surface area contributed by atoms with Crippen molar-refractivity contribution in [2.45, 2.75) is 26.4 Å². The summed E-state index contributed by atoms with van der Waals surface area (Å²) < 4.78 is 6.78. The van der Waals surface area contributed by atoms with Crippen LogP contribution in [0.25, 0.3) is 0 Å². The molecule has 0 aromatic heterocycles. The second-order valence-electron chi connectivity index (χ2n) is 5.21. The Morgan fingerprint density at radius 2 is 1.91 bits per heavy atom. The number of carboxylic acid groups (broad SMARTS) is 1. The third-order valence-corrected chi connectivity index (χ3v) is 3.82. The highest BCUT2D eigenvalue weighted by Gasteiger charge is 2.05. The predicted molar refractivity (Wildman–Crippen MR) is 93.9 cm³/mol. The summed E-state index contributed by atoms with van der Waals surface area (Å²) in [6, 6.07) is 12.9.